The van der Waals surface area contributed by atoms with Gasteiger partial charge in [-0.05, 0) is 43.5 Å². The Hall–Kier alpha value is -0.660. The summed E-state index contributed by atoms with van der Waals surface area (Å²) in [6.45, 7) is 5.80. The Balaban J connectivity index is 1.89. The molecular weight excluding hydrogens is 324 g/mol. The van der Waals surface area contributed by atoms with E-state index in [2.05, 4.69) is 9.62 Å². The molecule has 1 heterocycles. The number of sulfonamides is 1. The number of aryl methyl sites for hydroxylation is 1. The Morgan fingerprint density at radius 2 is 2.23 bits per heavy atom. The summed E-state index contributed by atoms with van der Waals surface area (Å²) in [5, 5.41) is 0.467. The summed E-state index contributed by atoms with van der Waals surface area (Å²) in [7, 11) is -1.81. The predicted molar refractivity (Wildman–Crippen MR) is 87.8 cm³/mol. The molecule has 1 aromatic rings. The average Bonchev–Trinajstić information content (AvgIpc) is 2.94. The largest absolute Gasteiger partial charge is 0.383 e. The van der Waals surface area contributed by atoms with Crippen molar-refractivity contribution < 1.29 is 13.2 Å². The number of nitrogens with zero attached hydrogens (tertiary/aromatic N) is 1. The van der Waals surface area contributed by atoms with Crippen LogP contribution >= 0.6 is 11.6 Å². The van der Waals surface area contributed by atoms with Gasteiger partial charge in [-0.15, -0.1) is 0 Å². The second-order valence-corrected chi connectivity index (χ2v) is 7.89. The highest BCUT2D eigenvalue weighted by molar-refractivity contribution is 7.89. The lowest BCUT2D eigenvalue weighted by atomic mass is 10.1. The van der Waals surface area contributed by atoms with E-state index in [4.69, 9.17) is 16.3 Å². The van der Waals surface area contributed by atoms with Crippen molar-refractivity contribution in [1.82, 2.24) is 9.62 Å². The SMILES string of the molecule is COCCN1CCC(CNS(=O)(=O)c2ccc(C)c(Cl)c2)C1. The molecule has 1 atom stereocenters. The van der Waals surface area contributed by atoms with Crippen molar-refractivity contribution in [3.63, 3.8) is 0 Å². The minimum Gasteiger partial charge on any atom is -0.383 e. The number of hydrogen-bond acceptors (Lipinski definition) is 4. The Bertz CT molecular complexity index is 607. The Morgan fingerprint density at radius 3 is 2.91 bits per heavy atom. The first-order valence-corrected chi connectivity index (χ1v) is 9.25. The van der Waals surface area contributed by atoms with Gasteiger partial charge >= 0.3 is 0 Å². The van der Waals surface area contributed by atoms with E-state index in [1.165, 1.54) is 6.07 Å². The van der Waals surface area contributed by atoms with Gasteiger partial charge in [-0.1, -0.05) is 17.7 Å². The molecule has 0 aliphatic carbocycles. The quantitative estimate of drug-likeness (QED) is 0.819. The van der Waals surface area contributed by atoms with Crippen molar-refractivity contribution >= 4 is 21.6 Å². The standard InChI is InChI=1S/C15H23ClN2O3S/c1-12-3-4-14(9-15(12)16)22(19,20)17-10-13-5-6-18(11-13)7-8-21-2/h3-4,9,13,17H,5-8,10-11H2,1-2H3. The molecule has 1 N–H and O–H groups in total. The third-order valence-electron chi connectivity index (χ3n) is 4.00. The highest BCUT2D eigenvalue weighted by atomic mass is 35.5. The van der Waals surface area contributed by atoms with Crippen LogP contribution in [0.1, 0.15) is 12.0 Å². The average molecular weight is 347 g/mol. The Kier molecular flexibility index (Phi) is 6.23. The molecule has 0 amide bonds. The van der Waals surface area contributed by atoms with Gasteiger partial charge < -0.3 is 9.64 Å². The summed E-state index contributed by atoms with van der Waals surface area (Å²) in [5.74, 6) is 0.340. The molecule has 124 valence electrons. The van der Waals surface area contributed by atoms with Crippen LogP contribution in [0.25, 0.3) is 0 Å². The molecule has 1 aromatic carbocycles. The summed E-state index contributed by atoms with van der Waals surface area (Å²) >= 11 is 6.00. The van der Waals surface area contributed by atoms with Crippen LogP contribution < -0.4 is 4.72 Å². The molecule has 0 spiro atoms. The lowest BCUT2D eigenvalue weighted by molar-refractivity contribution is 0.159. The molecule has 1 aliphatic heterocycles. The zero-order valence-electron chi connectivity index (χ0n) is 13.0. The van der Waals surface area contributed by atoms with E-state index >= 15 is 0 Å². The van der Waals surface area contributed by atoms with E-state index in [9.17, 15) is 8.42 Å². The predicted octanol–water partition coefficient (Wildman–Crippen LogP) is 1.90. The first kappa shape index (κ1) is 17.7. The number of benzene rings is 1. The molecule has 1 saturated heterocycles. The van der Waals surface area contributed by atoms with E-state index in [0.29, 0.717) is 24.1 Å². The number of likely N-dealkylation sites (tertiary alicyclic amines) is 1. The van der Waals surface area contributed by atoms with Crippen LogP contribution in [-0.2, 0) is 14.8 Å². The normalized spacial score (nSPS) is 19.7. The fourth-order valence-electron chi connectivity index (χ4n) is 2.55. The minimum atomic E-state index is -3.50. The van der Waals surface area contributed by atoms with Gasteiger partial charge in [-0.2, -0.15) is 0 Å². The lowest BCUT2D eigenvalue weighted by Gasteiger charge is -2.15. The first-order valence-electron chi connectivity index (χ1n) is 7.39. The summed E-state index contributed by atoms with van der Waals surface area (Å²) < 4.78 is 32.4. The van der Waals surface area contributed by atoms with Crippen LogP contribution in [0, 0.1) is 12.8 Å². The second kappa shape index (κ2) is 7.75. The van der Waals surface area contributed by atoms with Crippen LogP contribution in [0.5, 0.6) is 0 Å². The monoisotopic (exact) mass is 346 g/mol. The van der Waals surface area contributed by atoms with Crippen LogP contribution in [-0.4, -0.2) is 53.2 Å². The molecule has 1 fully saturated rings. The number of nitrogens with one attached hydrogen (secondary N) is 1. The van der Waals surface area contributed by atoms with Gasteiger partial charge in [0.05, 0.1) is 11.5 Å². The zero-order chi connectivity index (χ0) is 16.2. The van der Waals surface area contributed by atoms with Crippen LogP contribution in [0.3, 0.4) is 0 Å². The second-order valence-electron chi connectivity index (χ2n) is 5.71. The fourth-order valence-corrected chi connectivity index (χ4v) is 3.94. The van der Waals surface area contributed by atoms with Crippen LogP contribution in [0.15, 0.2) is 23.1 Å². The van der Waals surface area contributed by atoms with E-state index in [-0.39, 0.29) is 4.90 Å². The Morgan fingerprint density at radius 1 is 1.45 bits per heavy atom. The molecule has 0 radical (unpaired) electrons. The van der Waals surface area contributed by atoms with E-state index < -0.39 is 10.0 Å². The van der Waals surface area contributed by atoms with Crippen molar-refractivity contribution in [3.05, 3.63) is 28.8 Å². The molecule has 1 unspecified atom stereocenters. The van der Waals surface area contributed by atoms with E-state index in [1.807, 2.05) is 6.92 Å². The van der Waals surface area contributed by atoms with Gasteiger partial charge in [0.2, 0.25) is 10.0 Å². The van der Waals surface area contributed by atoms with Crippen molar-refractivity contribution in [2.75, 3.05) is 39.9 Å². The minimum absolute atomic E-state index is 0.220. The summed E-state index contributed by atoms with van der Waals surface area (Å²) in [5.41, 5.74) is 0.866. The molecule has 0 bridgehead atoms. The van der Waals surface area contributed by atoms with Gasteiger partial charge in [0.25, 0.3) is 0 Å². The van der Waals surface area contributed by atoms with Crippen LogP contribution in [0.4, 0.5) is 0 Å². The molecule has 0 aromatic heterocycles. The highest BCUT2D eigenvalue weighted by Crippen LogP contribution is 2.21. The summed E-state index contributed by atoms with van der Waals surface area (Å²) in [6, 6.07) is 4.81. The topological polar surface area (TPSA) is 58.6 Å². The number of rotatable bonds is 7. The molecule has 1 aliphatic rings. The van der Waals surface area contributed by atoms with Crippen molar-refractivity contribution in [2.24, 2.45) is 5.92 Å². The van der Waals surface area contributed by atoms with Gasteiger partial charge in [0, 0.05) is 31.8 Å². The number of hydrogen-bond donors (Lipinski definition) is 1. The molecule has 22 heavy (non-hydrogen) atoms. The van der Waals surface area contributed by atoms with E-state index in [0.717, 1.165) is 31.6 Å². The maximum absolute atomic E-state index is 12.3. The Labute approximate surface area is 137 Å². The van der Waals surface area contributed by atoms with Gasteiger partial charge in [-0.25, -0.2) is 13.1 Å². The molecule has 0 saturated carbocycles. The molecule has 5 nitrogen and oxygen atoms in total. The number of ether oxygens (including phenoxy) is 1. The molecular formula is C15H23ClN2O3S. The third-order valence-corrected chi connectivity index (χ3v) is 5.83. The summed E-state index contributed by atoms with van der Waals surface area (Å²) in [4.78, 5) is 2.52. The van der Waals surface area contributed by atoms with Gasteiger partial charge in [0.15, 0.2) is 0 Å². The number of methoxy groups -OCH3 is 1. The first-order chi connectivity index (χ1) is 10.4. The molecule has 7 heteroatoms. The van der Waals surface area contributed by atoms with Gasteiger partial charge in [0.1, 0.15) is 0 Å². The van der Waals surface area contributed by atoms with Crippen LogP contribution in [0.2, 0.25) is 5.02 Å². The lowest BCUT2D eigenvalue weighted by Crippen LogP contribution is -2.31. The molecule has 2 rings (SSSR count). The number of halogens is 1. The van der Waals surface area contributed by atoms with Crippen molar-refractivity contribution in [1.29, 1.82) is 0 Å². The van der Waals surface area contributed by atoms with Crippen molar-refractivity contribution in [2.45, 2.75) is 18.2 Å². The fraction of sp³-hybridized carbons (Fsp3) is 0.600. The highest BCUT2D eigenvalue weighted by Gasteiger charge is 2.24. The maximum Gasteiger partial charge on any atom is 0.240 e. The third kappa shape index (κ3) is 4.67. The van der Waals surface area contributed by atoms with E-state index in [1.54, 1.807) is 19.2 Å². The zero-order valence-corrected chi connectivity index (χ0v) is 14.6. The summed E-state index contributed by atoms with van der Waals surface area (Å²) in [6.07, 6.45) is 1.00. The van der Waals surface area contributed by atoms with Gasteiger partial charge in [-0.3, -0.25) is 0 Å². The smallest absolute Gasteiger partial charge is 0.240 e. The van der Waals surface area contributed by atoms with Crippen molar-refractivity contribution in [3.8, 4) is 0 Å². The maximum atomic E-state index is 12.3.